The zero-order valence-corrected chi connectivity index (χ0v) is 6.08. The van der Waals surface area contributed by atoms with E-state index >= 15 is 0 Å². The summed E-state index contributed by atoms with van der Waals surface area (Å²) in [6, 6.07) is 0. The Hall–Kier alpha value is -0.580. The predicted molar refractivity (Wildman–Crippen MR) is 30.6 cm³/mol. The largest absolute Gasteiger partial charge is 0.531 e. The van der Waals surface area contributed by atoms with Crippen molar-refractivity contribution in [3.05, 3.63) is 0 Å². The Labute approximate surface area is 57.0 Å². The third-order valence-electron chi connectivity index (χ3n) is 0.486. The van der Waals surface area contributed by atoms with Crippen molar-refractivity contribution in [1.82, 2.24) is 0 Å². The highest BCUT2D eigenvalue weighted by molar-refractivity contribution is 7.47. The summed E-state index contributed by atoms with van der Waals surface area (Å²) >= 11 is 0. The van der Waals surface area contributed by atoms with E-state index in [0.29, 0.717) is 0 Å². The molecular formula is C3H7O6P. The van der Waals surface area contributed by atoms with E-state index in [-0.39, 0.29) is 6.61 Å². The summed E-state index contributed by atoms with van der Waals surface area (Å²) in [5.74, 6) is 0. The van der Waals surface area contributed by atoms with Gasteiger partial charge in [0.05, 0.1) is 6.61 Å². The molecule has 0 saturated heterocycles. The third kappa shape index (κ3) is 4.31. The number of hydrogen-bond donors (Lipinski definition) is 2. The average molecular weight is 170 g/mol. The monoisotopic (exact) mass is 170 g/mol. The topological polar surface area (TPSA) is 93.1 Å². The Balaban J connectivity index is 3.87. The van der Waals surface area contributed by atoms with Gasteiger partial charge < -0.3 is 9.63 Å². The molecule has 0 aliphatic rings. The zero-order chi connectivity index (χ0) is 8.20. The molecule has 0 aromatic heterocycles. The second-order valence-electron chi connectivity index (χ2n) is 1.24. The van der Waals surface area contributed by atoms with Crippen molar-refractivity contribution in [2.75, 3.05) is 6.61 Å². The van der Waals surface area contributed by atoms with Crippen LogP contribution in [0.1, 0.15) is 6.92 Å². The maximum absolute atomic E-state index is 10.4. The van der Waals surface area contributed by atoms with Crippen LogP contribution in [-0.2, 0) is 13.6 Å². The molecule has 0 rings (SSSR count). The summed E-state index contributed by atoms with van der Waals surface area (Å²) in [5.41, 5.74) is 0. The first kappa shape index (κ1) is 9.42. The molecule has 0 bridgehead atoms. The van der Waals surface area contributed by atoms with Crippen LogP contribution >= 0.6 is 7.82 Å². The zero-order valence-electron chi connectivity index (χ0n) is 5.18. The number of phosphoric ester groups is 1. The van der Waals surface area contributed by atoms with E-state index in [1.807, 2.05) is 0 Å². The fourth-order valence-electron chi connectivity index (χ4n) is 0.288. The molecule has 0 aliphatic heterocycles. The van der Waals surface area contributed by atoms with Crippen LogP contribution in [0.2, 0.25) is 0 Å². The number of rotatable bonds is 3. The highest BCUT2D eigenvalue weighted by atomic mass is 31.2. The van der Waals surface area contributed by atoms with E-state index in [2.05, 4.69) is 9.05 Å². The highest BCUT2D eigenvalue weighted by Gasteiger charge is 2.24. The van der Waals surface area contributed by atoms with Crippen molar-refractivity contribution in [2.45, 2.75) is 6.92 Å². The molecule has 0 radical (unpaired) electrons. The molecule has 0 aromatic rings. The van der Waals surface area contributed by atoms with E-state index < -0.39 is 14.0 Å². The van der Waals surface area contributed by atoms with Gasteiger partial charge in [0, 0.05) is 0 Å². The number of phosphoric acid groups is 1. The molecule has 0 aliphatic carbocycles. The summed E-state index contributed by atoms with van der Waals surface area (Å²) in [5, 5.41) is 7.84. The van der Waals surface area contributed by atoms with Crippen molar-refractivity contribution in [2.24, 2.45) is 0 Å². The van der Waals surface area contributed by atoms with Crippen molar-refractivity contribution >= 4 is 14.0 Å². The van der Waals surface area contributed by atoms with Gasteiger partial charge in [-0.3, -0.25) is 9.42 Å². The maximum atomic E-state index is 10.4. The van der Waals surface area contributed by atoms with Gasteiger partial charge in [-0.05, 0) is 6.92 Å². The van der Waals surface area contributed by atoms with E-state index in [1.165, 1.54) is 6.92 Å². The Morgan fingerprint density at radius 3 is 2.50 bits per heavy atom. The van der Waals surface area contributed by atoms with Crippen LogP contribution in [0.5, 0.6) is 0 Å². The van der Waals surface area contributed by atoms with Crippen LogP contribution in [0.3, 0.4) is 0 Å². The Bertz CT molecular complexity index is 164. The number of hydrogen-bond acceptors (Lipinski definition) is 4. The lowest BCUT2D eigenvalue weighted by molar-refractivity contribution is 0.115. The Morgan fingerprint density at radius 2 is 2.20 bits per heavy atom. The SMILES string of the molecule is CCOP(=O)(O)OC(=O)O. The van der Waals surface area contributed by atoms with Gasteiger partial charge >= 0.3 is 14.0 Å². The van der Waals surface area contributed by atoms with Crippen LogP contribution in [-0.4, -0.2) is 22.8 Å². The molecule has 2 N–H and O–H groups in total. The first-order chi connectivity index (χ1) is 4.48. The van der Waals surface area contributed by atoms with Crippen LogP contribution in [0.25, 0.3) is 0 Å². The average Bonchev–Trinajstić information content (AvgIpc) is 1.59. The first-order valence-corrected chi connectivity index (χ1v) is 3.87. The second-order valence-corrected chi connectivity index (χ2v) is 2.62. The minimum absolute atomic E-state index is 0.0823. The minimum atomic E-state index is -4.35. The smallest absolute Gasteiger partial charge is 0.449 e. The van der Waals surface area contributed by atoms with Gasteiger partial charge in [-0.1, -0.05) is 0 Å². The van der Waals surface area contributed by atoms with Gasteiger partial charge in [-0.15, -0.1) is 0 Å². The van der Waals surface area contributed by atoms with E-state index in [1.54, 1.807) is 0 Å². The van der Waals surface area contributed by atoms with Crippen molar-refractivity contribution in [3.63, 3.8) is 0 Å². The lowest BCUT2D eigenvalue weighted by atomic mass is 10.9. The molecule has 0 spiro atoms. The molecule has 0 heterocycles. The standard InChI is InChI=1S/C3H7O6P/c1-2-8-10(6,7)9-3(4)5/h2H2,1H3,(H,4,5)(H,6,7). The summed E-state index contributed by atoms with van der Waals surface area (Å²) in [6.45, 7) is 1.36. The van der Waals surface area contributed by atoms with Crippen LogP contribution in [0, 0.1) is 0 Å². The molecule has 60 valence electrons. The molecule has 7 heteroatoms. The van der Waals surface area contributed by atoms with Crippen LogP contribution < -0.4 is 0 Å². The molecular weight excluding hydrogens is 163 g/mol. The lowest BCUT2D eigenvalue weighted by Crippen LogP contribution is -2.00. The third-order valence-corrected chi connectivity index (χ3v) is 1.46. The minimum Gasteiger partial charge on any atom is -0.449 e. The van der Waals surface area contributed by atoms with Gasteiger partial charge in [-0.2, -0.15) is 0 Å². The van der Waals surface area contributed by atoms with Crippen LogP contribution in [0.4, 0.5) is 4.79 Å². The number of carboxylic acid groups (broad SMARTS) is 1. The predicted octanol–water partition coefficient (Wildman–Crippen LogP) is 0.818. The Morgan fingerprint density at radius 1 is 1.70 bits per heavy atom. The first-order valence-electron chi connectivity index (χ1n) is 2.38. The van der Waals surface area contributed by atoms with E-state index in [9.17, 15) is 9.36 Å². The fourth-order valence-corrected chi connectivity index (χ4v) is 0.865. The lowest BCUT2D eigenvalue weighted by Gasteiger charge is -2.06. The molecule has 0 amide bonds. The van der Waals surface area contributed by atoms with Gasteiger partial charge in [0.1, 0.15) is 0 Å². The molecule has 0 fully saturated rings. The molecule has 1 unspecified atom stereocenters. The summed E-state index contributed by atoms with van der Waals surface area (Å²) in [6.07, 6.45) is -1.83. The summed E-state index contributed by atoms with van der Waals surface area (Å²) < 4.78 is 17.9. The van der Waals surface area contributed by atoms with Gasteiger partial charge in [-0.25, -0.2) is 9.36 Å². The van der Waals surface area contributed by atoms with Gasteiger partial charge in [0.15, 0.2) is 0 Å². The van der Waals surface area contributed by atoms with Crippen molar-refractivity contribution in [1.29, 1.82) is 0 Å². The molecule has 0 aromatic carbocycles. The quantitative estimate of drug-likeness (QED) is 0.609. The van der Waals surface area contributed by atoms with Gasteiger partial charge in [0.2, 0.25) is 0 Å². The molecule has 0 saturated carbocycles. The summed E-state index contributed by atoms with van der Waals surface area (Å²) in [7, 11) is -4.35. The van der Waals surface area contributed by atoms with E-state index in [4.69, 9.17) is 10.00 Å². The van der Waals surface area contributed by atoms with Crippen molar-refractivity contribution in [3.8, 4) is 0 Å². The normalized spacial score (nSPS) is 15.8. The van der Waals surface area contributed by atoms with Crippen LogP contribution in [0.15, 0.2) is 0 Å². The second kappa shape index (κ2) is 3.55. The van der Waals surface area contributed by atoms with Crippen molar-refractivity contribution < 1.29 is 28.4 Å². The Kier molecular flexibility index (Phi) is 3.35. The molecule has 10 heavy (non-hydrogen) atoms. The highest BCUT2D eigenvalue weighted by Crippen LogP contribution is 2.42. The molecule has 1 atom stereocenters. The molecule has 6 nitrogen and oxygen atoms in total. The van der Waals surface area contributed by atoms with E-state index in [0.717, 1.165) is 0 Å². The van der Waals surface area contributed by atoms with Gasteiger partial charge in [0.25, 0.3) is 0 Å². The maximum Gasteiger partial charge on any atom is 0.531 e. The summed E-state index contributed by atoms with van der Waals surface area (Å²) in [4.78, 5) is 18.1. The fraction of sp³-hybridized carbons (Fsp3) is 0.667. The number of carbonyl (C=O) groups is 1.